The Balaban J connectivity index is 1.41. The van der Waals surface area contributed by atoms with Crippen LogP contribution in [0.3, 0.4) is 0 Å². The lowest BCUT2D eigenvalue weighted by Crippen LogP contribution is -2.50. The van der Waals surface area contributed by atoms with Gasteiger partial charge in [0.1, 0.15) is 17.4 Å². The Morgan fingerprint density at radius 3 is 2.49 bits per heavy atom. The lowest BCUT2D eigenvalue weighted by atomic mass is 9.95. The van der Waals surface area contributed by atoms with Gasteiger partial charge >= 0.3 is 0 Å². The Kier molecular flexibility index (Phi) is 7.86. The first kappa shape index (κ1) is 25.8. The number of para-hydroxylation sites is 1. The van der Waals surface area contributed by atoms with E-state index in [9.17, 15) is 9.59 Å². The molecule has 0 N–H and O–H groups in total. The van der Waals surface area contributed by atoms with Gasteiger partial charge < -0.3 is 19.1 Å². The van der Waals surface area contributed by atoms with Crippen molar-refractivity contribution >= 4 is 34.8 Å². The number of halogens is 1. The third-order valence-corrected chi connectivity index (χ3v) is 8.61. The van der Waals surface area contributed by atoms with Crippen LogP contribution in [0.2, 0.25) is 5.02 Å². The Hall–Kier alpha value is -2.84. The maximum Gasteiger partial charge on any atom is 0.255 e. The number of amides is 2. The summed E-state index contributed by atoms with van der Waals surface area (Å²) in [6, 6.07) is 9.82. The molecule has 37 heavy (non-hydrogen) atoms. The largest absolute Gasteiger partial charge is 0.485 e. The summed E-state index contributed by atoms with van der Waals surface area (Å²) in [4.78, 5) is 33.9. The predicted molar refractivity (Wildman–Crippen MR) is 146 cm³/mol. The molecule has 0 atom stereocenters. The molecule has 0 radical (unpaired) electrons. The molecular weight excluding hydrogens is 508 g/mol. The zero-order valence-corrected chi connectivity index (χ0v) is 23.0. The predicted octanol–water partition coefficient (Wildman–Crippen LogP) is 5.96. The van der Waals surface area contributed by atoms with Crippen LogP contribution in [0.1, 0.15) is 66.1 Å². The molecule has 1 aliphatic heterocycles. The van der Waals surface area contributed by atoms with Crippen molar-refractivity contribution in [2.45, 2.75) is 58.6 Å². The van der Waals surface area contributed by atoms with Crippen molar-refractivity contribution in [3.8, 4) is 17.1 Å². The first-order valence-electron chi connectivity index (χ1n) is 13.0. The average Bonchev–Trinajstić information content (AvgIpc) is 3.52. The Labute approximate surface area is 227 Å². The minimum atomic E-state index is 0.0361. The third-order valence-electron chi connectivity index (χ3n) is 7.48. The number of hydrogen-bond donors (Lipinski definition) is 0. The number of aromatic nitrogens is 2. The van der Waals surface area contributed by atoms with Crippen molar-refractivity contribution in [2.24, 2.45) is 0 Å². The average molecular weight is 541 g/mol. The van der Waals surface area contributed by atoms with Gasteiger partial charge in [0.25, 0.3) is 5.91 Å². The summed E-state index contributed by atoms with van der Waals surface area (Å²) in [6.07, 6.45) is 5.89. The Bertz CT molecular complexity index is 1270. The SMILES string of the molecule is CC(=O)N1CCN(C(=O)c2cc(-c3csc(COc4ccccc4Cl)n3)n(C3CCCCC3)c2C)CC1. The summed E-state index contributed by atoms with van der Waals surface area (Å²) in [6.45, 7) is 6.26. The van der Waals surface area contributed by atoms with Crippen LogP contribution in [0, 0.1) is 6.92 Å². The van der Waals surface area contributed by atoms with E-state index in [1.807, 2.05) is 35.2 Å². The molecule has 1 aliphatic carbocycles. The number of rotatable bonds is 6. The second kappa shape index (κ2) is 11.3. The summed E-state index contributed by atoms with van der Waals surface area (Å²) in [5.74, 6) is 0.737. The minimum absolute atomic E-state index is 0.0361. The fourth-order valence-corrected chi connectivity index (χ4v) is 6.33. The van der Waals surface area contributed by atoms with Crippen molar-refractivity contribution in [1.82, 2.24) is 19.4 Å². The molecule has 0 unspecified atom stereocenters. The molecule has 2 aromatic heterocycles. The van der Waals surface area contributed by atoms with E-state index in [0.717, 1.165) is 40.5 Å². The zero-order valence-electron chi connectivity index (χ0n) is 21.4. The van der Waals surface area contributed by atoms with Gasteiger partial charge in [-0.2, -0.15) is 0 Å². The number of piperazine rings is 1. The standard InChI is InChI=1S/C28H33ClN4O3S/c1-19-22(28(35)32-14-12-31(13-15-32)20(2)34)16-25(33(19)21-8-4-3-5-9-21)24-18-37-27(30-24)17-36-26-11-7-6-10-23(26)29/h6-7,10-11,16,18,21H,3-5,8-9,12-15,17H2,1-2H3. The number of nitrogens with zero attached hydrogens (tertiary/aromatic N) is 4. The molecule has 0 spiro atoms. The summed E-state index contributed by atoms with van der Waals surface area (Å²) in [7, 11) is 0. The number of carbonyl (C=O) groups excluding carboxylic acids is 2. The molecule has 1 saturated carbocycles. The van der Waals surface area contributed by atoms with Crippen molar-refractivity contribution in [3.63, 3.8) is 0 Å². The van der Waals surface area contributed by atoms with E-state index in [1.54, 1.807) is 23.2 Å². The molecule has 9 heteroatoms. The smallest absolute Gasteiger partial charge is 0.255 e. The first-order valence-corrected chi connectivity index (χ1v) is 14.3. The molecule has 2 fully saturated rings. The van der Waals surface area contributed by atoms with Gasteiger partial charge in [0.05, 0.1) is 22.0 Å². The lowest BCUT2D eigenvalue weighted by Gasteiger charge is -2.34. The van der Waals surface area contributed by atoms with E-state index in [0.29, 0.717) is 49.6 Å². The van der Waals surface area contributed by atoms with E-state index < -0.39 is 0 Å². The molecule has 2 amide bonds. The molecule has 1 aromatic carbocycles. The maximum absolute atomic E-state index is 13.6. The molecule has 0 bridgehead atoms. The highest BCUT2D eigenvalue weighted by Gasteiger charge is 2.29. The normalized spacial score (nSPS) is 16.7. The Morgan fingerprint density at radius 1 is 1.08 bits per heavy atom. The molecule has 2 aliphatic rings. The topological polar surface area (TPSA) is 67.7 Å². The summed E-state index contributed by atoms with van der Waals surface area (Å²) in [5.41, 5.74) is 3.61. The van der Waals surface area contributed by atoms with Gasteiger partial charge in [-0.05, 0) is 38.0 Å². The van der Waals surface area contributed by atoms with E-state index >= 15 is 0 Å². The number of ether oxygens (including phenoxy) is 1. The highest BCUT2D eigenvalue weighted by molar-refractivity contribution is 7.09. The van der Waals surface area contributed by atoms with Crippen LogP contribution in [0.25, 0.3) is 11.4 Å². The van der Waals surface area contributed by atoms with Gasteiger partial charge in [0, 0.05) is 50.2 Å². The number of benzene rings is 1. The van der Waals surface area contributed by atoms with Crippen molar-refractivity contribution < 1.29 is 14.3 Å². The van der Waals surface area contributed by atoms with Crippen LogP contribution in [0.4, 0.5) is 0 Å². The highest BCUT2D eigenvalue weighted by atomic mass is 35.5. The highest BCUT2D eigenvalue weighted by Crippen LogP contribution is 2.37. The molecule has 3 aromatic rings. The van der Waals surface area contributed by atoms with Gasteiger partial charge in [0.2, 0.25) is 5.91 Å². The summed E-state index contributed by atoms with van der Waals surface area (Å²) >= 11 is 7.79. The Morgan fingerprint density at radius 2 is 1.78 bits per heavy atom. The van der Waals surface area contributed by atoms with E-state index in [-0.39, 0.29) is 11.8 Å². The molecule has 3 heterocycles. The van der Waals surface area contributed by atoms with Crippen LogP contribution in [0.15, 0.2) is 35.7 Å². The molecular formula is C28H33ClN4O3S. The van der Waals surface area contributed by atoms with Crippen molar-refractivity contribution in [1.29, 1.82) is 0 Å². The van der Waals surface area contributed by atoms with Crippen LogP contribution in [-0.2, 0) is 11.4 Å². The first-order chi connectivity index (χ1) is 17.9. The van der Waals surface area contributed by atoms with Gasteiger partial charge in [-0.15, -0.1) is 11.3 Å². The van der Waals surface area contributed by atoms with Crippen LogP contribution in [0.5, 0.6) is 5.75 Å². The van der Waals surface area contributed by atoms with E-state index in [1.165, 1.54) is 19.3 Å². The fraction of sp³-hybridized carbons (Fsp3) is 0.464. The third kappa shape index (κ3) is 5.55. The van der Waals surface area contributed by atoms with Crippen LogP contribution in [-0.4, -0.2) is 57.3 Å². The van der Waals surface area contributed by atoms with Gasteiger partial charge in [-0.25, -0.2) is 4.98 Å². The summed E-state index contributed by atoms with van der Waals surface area (Å²) < 4.78 is 8.26. The van der Waals surface area contributed by atoms with Crippen molar-refractivity contribution in [3.05, 3.63) is 57.0 Å². The summed E-state index contributed by atoms with van der Waals surface area (Å²) in [5, 5.41) is 3.49. The second-order valence-electron chi connectivity index (χ2n) is 9.83. The van der Waals surface area contributed by atoms with Crippen LogP contribution < -0.4 is 4.74 Å². The molecule has 7 nitrogen and oxygen atoms in total. The molecule has 196 valence electrons. The van der Waals surface area contributed by atoms with Gasteiger partial charge in [-0.1, -0.05) is 43.0 Å². The molecule has 1 saturated heterocycles. The monoisotopic (exact) mass is 540 g/mol. The lowest BCUT2D eigenvalue weighted by molar-refractivity contribution is -0.130. The van der Waals surface area contributed by atoms with E-state index in [4.69, 9.17) is 21.3 Å². The number of carbonyl (C=O) groups is 2. The van der Waals surface area contributed by atoms with Crippen LogP contribution >= 0.6 is 22.9 Å². The molecule has 5 rings (SSSR count). The minimum Gasteiger partial charge on any atom is -0.485 e. The number of thiazole rings is 1. The van der Waals surface area contributed by atoms with E-state index in [2.05, 4.69) is 16.9 Å². The number of hydrogen-bond acceptors (Lipinski definition) is 5. The second-order valence-corrected chi connectivity index (χ2v) is 11.2. The quantitative estimate of drug-likeness (QED) is 0.387. The maximum atomic E-state index is 13.6. The fourth-order valence-electron chi connectivity index (χ4n) is 5.44. The van der Waals surface area contributed by atoms with Crippen molar-refractivity contribution in [2.75, 3.05) is 26.2 Å². The zero-order chi connectivity index (χ0) is 25.9. The van der Waals surface area contributed by atoms with Gasteiger partial charge in [0.15, 0.2) is 0 Å². The van der Waals surface area contributed by atoms with Gasteiger partial charge in [-0.3, -0.25) is 9.59 Å².